The van der Waals surface area contributed by atoms with Crippen molar-refractivity contribution in [3.05, 3.63) is 62.5 Å². The van der Waals surface area contributed by atoms with E-state index in [0.717, 1.165) is 22.0 Å². The van der Waals surface area contributed by atoms with Crippen LogP contribution in [0.25, 0.3) is 0 Å². The summed E-state index contributed by atoms with van der Waals surface area (Å²) in [5, 5.41) is 6.75. The summed E-state index contributed by atoms with van der Waals surface area (Å²) < 4.78 is 3.90. The van der Waals surface area contributed by atoms with Gasteiger partial charge in [-0.3, -0.25) is 4.79 Å². The summed E-state index contributed by atoms with van der Waals surface area (Å²) in [7, 11) is 1.78. The van der Waals surface area contributed by atoms with Gasteiger partial charge in [-0.2, -0.15) is 0 Å². The number of amides is 1. The molecule has 0 spiro atoms. The number of carbonyl (C=O) groups is 1. The van der Waals surface area contributed by atoms with Gasteiger partial charge >= 0.3 is 0 Å². The Morgan fingerprint density at radius 1 is 1.26 bits per heavy atom. The lowest BCUT2D eigenvalue weighted by Crippen LogP contribution is -2.26. The Bertz CT molecular complexity index is 797. The highest BCUT2D eigenvalue weighted by Crippen LogP contribution is 2.17. The number of hydrogen-bond acceptors (Lipinski definition) is 6. The molecule has 0 saturated heterocycles. The van der Waals surface area contributed by atoms with Crippen LogP contribution in [0.3, 0.4) is 0 Å². The fraction of sp³-hybridized carbons (Fsp3) is 0.250. The van der Waals surface area contributed by atoms with Crippen LogP contribution in [0.2, 0.25) is 0 Å². The number of hydrogen-bond donors (Lipinski definition) is 0. The SMILES string of the molecule is Cc1nnsc1CN(C)C(=O)c1csc(Cc2ccccc2)n1. The Kier molecular flexibility index (Phi) is 4.78. The first-order chi connectivity index (χ1) is 11.1. The molecule has 5 nitrogen and oxygen atoms in total. The average Bonchev–Trinajstić information content (AvgIpc) is 3.17. The molecule has 2 heterocycles. The maximum Gasteiger partial charge on any atom is 0.273 e. The maximum atomic E-state index is 12.5. The number of aromatic nitrogens is 3. The smallest absolute Gasteiger partial charge is 0.273 e. The molecule has 1 amide bonds. The molecule has 0 N–H and O–H groups in total. The van der Waals surface area contributed by atoms with E-state index >= 15 is 0 Å². The third-order valence-electron chi connectivity index (χ3n) is 3.44. The predicted octanol–water partition coefficient (Wildman–Crippen LogP) is 3.17. The van der Waals surface area contributed by atoms with Gasteiger partial charge in [0.05, 0.1) is 22.1 Å². The Balaban J connectivity index is 1.67. The molecule has 0 aliphatic rings. The van der Waals surface area contributed by atoms with Crippen LogP contribution in [0.4, 0.5) is 0 Å². The minimum absolute atomic E-state index is 0.0756. The lowest BCUT2D eigenvalue weighted by atomic mass is 10.2. The minimum Gasteiger partial charge on any atom is -0.335 e. The van der Waals surface area contributed by atoms with Gasteiger partial charge in [0.1, 0.15) is 5.69 Å². The summed E-state index contributed by atoms with van der Waals surface area (Å²) in [4.78, 5) is 19.6. The molecule has 0 atom stereocenters. The fourth-order valence-corrected chi connectivity index (χ4v) is 3.63. The van der Waals surface area contributed by atoms with E-state index in [1.54, 1.807) is 11.9 Å². The van der Waals surface area contributed by atoms with E-state index in [0.29, 0.717) is 12.2 Å². The third kappa shape index (κ3) is 3.80. The van der Waals surface area contributed by atoms with Gasteiger partial charge in [-0.1, -0.05) is 34.8 Å². The van der Waals surface area contributed by atoms with Crippen LogP contribution in [0.1, 0.15) is 31.6 Å². The second kappa shape index (κ2) is 6.97. The van der Waals surface area contributed by atoms with Crippen molar-refractivity contribution in [2.45, 2.75) is 19.9 Å². The number of nitrogens with zero attached hydrogens (tertiary/aromatic N) is 4. The molecular weight excluding hydrogens is 328 g/mol. The Morgan fingerprint density at radius 2 is 2.04 bits per heavy atom. The van der Waals surface area contributed by atoms with E-state index in [4.69, 9.17) is 0 Å². The van der Waals surface area contributed by atoms with E-state index in [9.17, 15) is 4.79 Å². The normalized spacial score (nSPS) is 10.7. The van der Waals surface area contributed by atoms with Crippen molar-refractivity contribution in [1.82, 2.24) is 19.5 Å². The van der Waals surface area contributed by atoms with Crippen LogP contribution in [0.5, 0.6) is 0 Å². The van der Waals surface area contributed by atoms with E-state index in [1.165, 1.54) is 28.4 Å². The topological polar surface area (TPSA) is 59.0 Å². The second-order valence-corrected chi connectivity index (χ2v) is 7.01. The second-order valence-electron chi connectivity index (χ2n) is 5.23. The highest BCUT2D eigenvalue weighted by molar-refractivity contribution is 7.09. The van der Waals surface area contributed by atoms with Gasteiger partial charge < -0.3 is 4.90 Å². The van der Waals surface area contributed by atoms with Gasteiger partial charge in [0, 0.05) is 18.8 Å². The lowest BCUT2D eigenvalue weighted by Gasteiger charge is -2.14. The quantitative estimate of drug-likeness (QED) is 0.713. The minimum atomic E-state index is -0.0756. The van der Waals surface area contributed by atoms with Crippen molar-refractivity contribution in [1.29, 1.82) is 0 Å². The third-order valence-corrected chi connectivity index (χ3v) is 5.10. The average molecular weight is 344 g/mol. The highest BCUT2D eigenvalue weighted by Gasteiger charge is 2.17. The van der Waals surface area contributed by atoms with Crippen molar-refractivity contribution in [2.75, 3.05) is 7.05 Å². The van der Waals surface area contributed by atoms with Crippen molar-refractivity contribution in [3.8, 4) is 0 Å². The molecule has 1 aromatic carbocycles. The zero-order valence-electron chi connectivity index (χ0n) is 12.9. The van der Waals surface area contributed by atoms with Crippen LogP contribution < -0.4 is 0 Å². The van der Waals surface area contributed by atoms with Crippen LogP contribution in [-0.2, 0) is 13.0 Å². The van der Waals surface area contributed by atoms with Crippen LogP contribution >= 0.6 is 22.9 Å². The lowest BCUT2D eigenvalue weighted by molar-refractivity contribution is 0.0781. The van der Waals surface area contributed by atoms with Gasteiger partial charge in [-0.05, 0) is 24.0 Å². The first kappa shape index (κ1) is 15.8. The predicted molar refractivity (Wildman–Crippen MR) is 91.8 cm³/mol. The molecule has 3 aromatic rings. The van der Waals surface area contributed by atoms with Crippen molar-refractivity contribution in [3.63, 3.8) is 0 Å². The summed E-state index contributed by atoms with van der Waals surface area (Å²) >= 11 is 2.85. The number of benzene rings is 1. The first-order valence-corrected chi connectivity index (χ1v) is 8.80. The summed E-state index contributed by atoms with van der Waals surface area (Å²) in [6, 6.07) is 10.1. The fourth-order valence-electron chi connectivity index (χ4n) is 2.14. The van der Waals surface area contributed by atoms with E-state index in [2.05, 4.69) is 26.7 Å². The largest absolute Gasteiger partial charge is 0.335 e. The Hall–Kier alpha value is -2.12. The van der Waals surface area contributed by atoms with Crippen molar-refractivity contribution >= 4 is 28.8 Å². The van der Waals surface area contributed by atoms with Gasteiger partial charge in [-0.15, -0.1) is 16.4 Å². The first-order valence-electron chi connectivity index (χ1n) is 7.15. The molecule has 0 radical (unpaired) electrons. The molecular formula is C16H16N4OS2. The molecule has 0 saturated carbocycles. The Labute approximate surface area is 142 Å². The summed E-state index contributed by atoms with van der Waals surface area (Å²) in [5.74, 6) is -0.0756. The Morgan fingerprint density at radius 3 is 2.74 bits per heavy atom. The van der Waals surface area contributed by atoms with E-state index in [1.807, 2.05) is 30.5 Å². The molecule has 3 rings (SSSR count). The van der Waals surface area contributed by atoms with E-state index in [-0.39, 0.29) is 5.91 Å². The summed E-state index contributed by atoms with van der Waals surface area (Å²) in [6.45, 7) is 2.41. The molecule has 0 aliphatic heterocycles. The summed E-state index contributed by atoms with van der Waals surface area (Å²) in [6.07, 6.45) is 0.750. The molecule has 118 valence electrons. The van der Waals surface area contributed by atoms with Gasteiger partial charge in [0.25, 0.3) is 5.91 Å². The van der Waals surface area contributed by atoms with Gasteiger partial charge in [-0.25, -0.2) is 4.98 Å². The maximum absolute atomic E-state index is 12.5. The molecule has 0 unspecified atom stereocenters. The van der Waals surface area contributed by atoms with Crippen LogP contribution in [0, 0.1) is 6.92 Å². The number of rotatable bonds is 5. The van der Waals surface area contributed by atoms with Crippen LogP contribution in [-0.4, -0.2) is 32.4 Å². The summed E-state index contributed by atoms with van der Waals surface area (Å²) in [5.41, 5.74) is 2.57. The molecule has 7 heteroatoms. The van der Waals surface area contributed by atoms with E-state index < -0.39 is 0 Å². The molecule has 0 bridgehead atoms. The van der Waals surface area contributed by atoms with Crippen molar-refractivity contribution < 1.29 is 4.79 Å². The zero-order chi connectivity index (χ0) is 16.2. The number of aryl methyl sites for hydroxylation is 1. The van der Waals surface area contributed by atoms with Crippen LogP contribution in [0.15, 0.2) is 35.7 Å². The molecule has 2 aromatic heterocycles. The zero-order valence-corrected chi connectivity index (χ0v) is 14.5. The number of thiazole rings is 1. The molecule has 23 heavy (non-hydrogen) atoms. The molecule has 0 aliphatic carbocycles. The van der Waals surface area contributed by atoms with Crippen molar-refractivity contribution in [2.24, 2.45) is 0 Å². The van der Waals surface area contributed by atoms with Gasteiger partial charge in [0.2, 0.25) is 0 Å². The molecule has 0 fully saturated rings. The van der Waals surface area contributed by atoms with Gasteiger partial charge in [0.15, 0.2) is 0 Å². The monoisotopic (exact) mass is 344 g/mol. The standard InChI is InChI=1S/C16H16N4OS2/c1-11-14(23-19-18-11)9-20(2)16(21)13-10-22-15(17-13)8-12-6-4-3-5-7-12/h3-7,10H,8-9H2,1-2H3. The number of carbonyl (C=O) groups excluding carboxylic acids is 1. The highest BCUT2D eigenvalue weighted by atomic mass is 32.1.